The number of carbonyl (C=O) groups is 2. The van der Waals surface area contributed by atoms with Crippen LogP contribution >= 0.6 is 23.4 Å². The molecule has 0 N–H and O–H groups in total. The monoisotopic (exact) mass is 427 g/mol. The summed E-state index contributed by atoms with van der Waals surface area (Å²) in [7, 11) is 0. The average molecular weight is 428 g/mol. The van der Waals surface area contributed by atoms with Gasteiger partial charge in [-0.2, -0.15) is 0 Å². The van der Waals surface area contributed by atoms with E-state index in [1.54, 1.807) is 42.7 Å². The second-order valence-electron chi connectivity index (χ2n) is 6.40. The molecule has 0 atom stereocenters. The van der Waals surface area contributed by atoms with E-state index in [0.717, 1.165) is 5.56 Å². The molecule has 2 aromatic carbocycles. The molecule has 146 valence electrons. The minimum absolute atomic E-state index is 0.129. The lowest BCUT2D eigenvalue weighted by Gasteiger charge is -2.15. The molecule has 1 aliphatic heterocycles. The van der Waals surface area contributed by atoms with Gasteiger partial charge in [-0.05, 0) is 47.5 Å². The third-order valence-corrected chi connectivity index (χ3v) is 5.80. The lowest BCUT2D eigenvalue weighted by atomic mass is 10.1. The Labute approximate surface area is 176 Å². The van der Waals surface area contributed by atoms with Gasteiger partial charge < -0.3 is 4.42 Å². The number of amides is 2. The highest BCUT2D eigenvalue weighted by Crippen LogP contribution is 2.38. The van der Waals surface area contributed by atoms with E-state index >= 15 is 0 Å². The quantitative estimate of drug-likeness (QED) is 0.502. The van der Waals surface area contributed by atoms with Gasteiger partial charge in [-0.1, -0.05) is 35.9 Å². The fourth-order valence-electron chi connectivity index (χ4n) is 3.01. The van der Waals surface area contributed by atoms with Gasteiger partial charge in [-0.15, -0.1) is 11.8 Å². The molecule has 3 aromatic rings. The van der Waals surface area contributed by atoms with Crippen molar-refractivity contribution in [2.45, 2.75) is 12.3 Å². The number of furan rings is 1. The van der Waals surface area contributed by atoms with Crippen LogP contribution in [0.15, 0.2) is 76.2 Å². The van der Waals surface area contributed by atoms with E-state index in [-0.39, 0.29) is 18.0 Å². The van der Waals surface area contributed by atoms with Crippen LogP contribution in [0.5, 0.6) is 0 Å². The van der Waals surface area contributed by atoms with Crippen LogP contribution in [0.2, 0.25) is 5.02 Å². The summed E-state index contributed by atoms with van der Waals surface area (Å²) in [5, 5.41) is 0.577. The zero-order valence-corrected chi connectivity index (χ0v) is 16.7. The van der Waals surface area contributed by atoms with Crippen molar-refractivity contribution in [3.8, 4) is 0 Å². The summed E-state index contributed by atoms with van der Waals surface area (Å²) in [5.41, 5.74) is 1.57. The minimum Gasteiger partial charge on any atom is -0.468 e. The maximum absolute atomic E-state index is 13.4. The van der Waals surface area contributed by atoms with Crippen molar-refractivity contribution in [2.24, 2.45) is 0 Å². The standard InChI is InChI=1S/C22H15ClFNO3S/c23-16-7-3-14(4-8-16)12-25-21(26)19(15-5-9-17(24)10-6-15)20(22(25)27)29-13-18-2-1-11-28-18/h1-11H,12-13H2. The van der Waals surface area contributed by atoms with E-state index in [1.165, 1.54) is 40.9 Å². The van der Waals surface area contributed by atoms with Gasteiger partial charge in [0.25, 0.3) is 11.8 Å². The number of benzene rings is 2. The third kappa shape index (κ3) is 4.13. The Bertz CT molecular complexity index is 1080. The molecule has 2 heterocycles. The maximum Gasteiger partial charge on any atom is 0.268 e. The molecule has 1 aliphatic rings. The number of rotatable bonds is 6. The van der Waals surface area contributed by atoms with E-state index in [2.05, 4.69) is 0 Å². The van der Waals surface area contributed by atoms with Gasteiger partial charge in [0.2, 0.25) is 0 Å². The molecule has 7 heteroatoms. The van der Waals surface area contributed by atoms with E-state index < -0.39 is 11.7 Å². The Morgan fingerprint density at radius 2 is 1.69 bits per heavy atom. The van der Waals surface area contributed by atoms with Crippen molar-refractivity contribution in [1.29, 1.82) is 0 Å². The normalized spacial score (nSPS) is 14.2. The first-order valence-electron chi connectivity index (χ1n) is 8.79. The maximum atomic E-state index is 13.4. The summed E-state index contributed by atoms with van der Waals surface area (Å²) < 4.78 is 18.7. The minimum atomic E-state index is -0.408. The van der Waals surface area contributed by atoms with Crippen LogP contribution < -0.4 is 0 Å². The molecule has 0 fully saturated rings. The largest absolute Gasteiger partial charge is 0.468 e. The predicted octanol–water partition coefficient (Wildman–Crippen LogP) is 5.29. The predicted molar refractivity (Wildman–Crippen MR) is 110 cm³/mol. The molecule has 4 rings (SSSR count). The van der Waals surface area contributed by atoms with Crippen LogP contribution in [0.4, 0.5) is 4.39 Å². The molecule has 0 spiro atoms. The van der Waals surface area contributed by atoms with Crippen molar-refractivity contribution >= 4 is 40.8 Å². The molecular weight excluding hydrogens is 413 g/mol. The fourth-order valence-corrected chi connectivity index (χ4v) is 4.17. The molecule has 0 aliphatic carbocycles. The summed E-state index contributed by atoms with van der Waals surface area (Å²) in [5.74, 6) is -0.0912. The summed E-state index contributed by atoms with van der Waals surface area (Å²) >= 11 is 7.15. The van der Waals surface area contributed by atoms with Gasteiger partial charge in [-0.3, -0.25) is 14.5 Å². The highest BCUT2D eigenvalue weighted by molar-refractivity contribution is 8.03. The number of nitrogens with zero attached hydrogens (tertiary/aromatic N) is 1. The number of thioether (sulfide) groups is 1. The van der Waals surface area contributed by atoms with Gasteiger partial charge in [0.15, 0.2) is 0 Å². The smallest absolute Gasteiger partial charge is 0.268 e. The van der Waals surface area contributed by atoms with Gasteiger partial charge in [-0.25, -0.2) is 4.39 Å². The highest BCUT2D eigenvalue weighted by atomic mass is 35.5. The summed E-state index contributed by atoms with van der Waals surface area (Å²) in [6.07, 6.45) is 1.56. The average Bonchev–Trinajstić information content (AvgIpc) is 3.31. The zero-order chi connectivity index (χ0) is 20.4. The SMILES string of the molecule is O=C1C(SCc2ccco2)=C(c2ccc(F)cc2)C(=O)N1Cc1ccc(Cl)cc1. The van der Waals surface area contributed by atoms with Crippen LogP contribution in [-0.4, -0.2) is 16.7 Å². The molecule has 0 radical (unpaired) electrons. The van der Waals surface area contributed by atoms with Crippen LogP contribution in [0.3, 0.4) is 0 Å². The molecule has 0 unspecified atom stereocenters. The molecule has 0 saturated heterocycles. The van der Waals surface area contributed by atoms with Gasteiger partial charge in [0.1, 0.15) is 11.6 Å². The molecule has 29 heavy (non-hydrogen) atoms. The molecule has 1 aromatic heterocycles. The number of hydrogen-bond acceptors (Lipinski definition) is 4. The Balaban J connectivity index is 1.66. The molecule has 0 bridgehead atoms. The fraction of sp³-hybridized carbons (Fsp3) is 0.0909. The molecule has 4 nitrogen and oxygen atoms in total. The Hall–Kier alpha value is -2.83. The van der Waals surface area contributed by atoms with E-state index in [4.69, 9.17) is 16.0 Å². The second kappa shape index (κ2) is 8.27. The molecule has 0 saturated carbocycles. The van der Waals surface area contributed by atoms with Gasteiger partial charge >= 0.3 is 0 Å². The Morgan fingerprint density at radius 1 is 0.966 bits per heavy atom. The van der Waals surface area contributed by atoms with E-state index in [9.17, 15) is 14.0 Å². The summed E-state index contributed by atoms with van der Waals surface area (Å²) in [4.78, 5) is 27.8. The Kier molecular flexibility index (Phi) is 5.56. The first kappa shape index (κ1) is 19.5. The number of hydrogen-bond donors (Lipinski definition) is 0. The molecular formula is C22H15ClFNO3S. The molecule has 2 amide bonds. The van der Waals surface area contributed by atoms with Gasteiger partial charge in [0.05, 0.1) is 29.0 Å². The van der Waals surface area contributed by atoms with Gasteiger partial charge in [0, 0.05) is 5.02 Å². The highest BCUT2D eigenvalue weighted by Gasteiger charge is 2.39. The van der Waals surface area contributed by atoms with Crippen LogP contribution in [0.25, 0.3) is 5.57 Å². The van der Waals surface area contributed by atoms with Crippen molar-refractivity contribution in [3.63, 3.8) is 0 Å². The topological polar surface area (TPSA) is 50.5 Å². The summed E-state index contributed by atoms with van der Waals surface area (Å²) in [6, 6.07) is 16.1. The number of imide groups is 1. The van der Waals surface area contributed by atoms with Crippen molar-refractivity contribution < 1.29 is 18.4 Å². The lowest BCUT2D eigenvalue weighted by molar-refractivity contribution is -0.137. The number of halogens is 2. The first-order chi connectivity index (χ1) is 14.0. The lowest BCUT2D eigenvalue weighted by Crippen LogP contribution is -2.30. The van der Waals surface area contributed by atoms with E-state index in [1.807, 2.05) is 0 Å². The first-order valence-corrected chi connectivity index (χ1v) is 10.2. The summed E-state index contributed by atoms with van der Waals surface area (Å²) in [6.45, 7) is 0.129. The Morgan fingerprint density at radius 3 is 2.34 bits per heavy atom. The van der Waals surface area contributed by atoms with Crippen molar-refractivity contribution in [3.05, 3.63) is 99.6 Å². The van der Waals surface area contributed by atoms with Crippen LogP contribution in [-0.2, 0) is 21.9 Å². The van der Waals surface area contributed by atoms with Crippen molar-refractivity contribution in [2.75, 3.05) is 0 Å². The van der Waals surface area contributed by atoms with Crippen LogP contribution in [0, 0.1) is 5.82 Å². The zero-order valence-electron chi connectivity index (χ0n) is 15.1. The van der Waals surface area contributed by atoms with Crippen LogP contribution in [0.1, 0.15) is 16.9 Å². The second-order valence-corrected chi connectivity index (χ2v) is 7.82. The van der Waals surface area contributed by atoms with E-state index in [0.29, 0.717) is 27.0 Å². The van der Waals surface area contributed by atoms with Crippen molar-refractivity contribution in [1.82, 2.24) is 4.90 Å². The third-order valence-electron chi connectivity index (χ3n) is 4.45. The number of carbonyl (C=O) groups excluding carboxylic acids is 2.